The largest absolute Gasteiger partial charge is 0.326 e. The topological polar surface area (TPSA) is 72.2 Å². The van der Waals surface area contributed by atoms with Gasteiger partial charge in [0.05, 0.1) is 5.69 Å². The molecule has 0 fully saturated rings. The van der Waals surface area contributed by atoms with Gasteiger partial charge in [0, 0.05) is 20.8 Å². The molecule has 0 spiro atoms. The van der Waals surface area contributed by atoms with Gasteiger partial charge in [-0.2, -0.15) is 0 Å². The molecule has 8 heteroatoms. The molecule has 2 rings (SSSR count). The van der Waals surface area contributed by atoms with E-state index < -0.39 is 15.8 Å². The van der Waals surface area contributed by atoms with E-state index in [-0.39, 0.29) is 17.1 Å². The Hall–Kier alpha value is -0.960. The van der Waals surface area contributed by atoms with Crippen LogP contribution in [-0.4, -0.2) is 8.42 Å². The Morgan fingerprint density at radius 3 is 2.65 bits per heavy atom. The van der Waals surface area contributed by atoms with E-state index in [2.05, 4.69) is 20.7 Å². The van der Waals surface area contributed by atoms with Crippen molar-refractivity contribution < 1.29 is 12.8 Å². The maximum absolute atomic E-state index is 13.7. The van der Waals surface area contributed by atoms with Gasteiger partial charge in [0.1, 0.15) is 10.7 Å². The lowest BCUT2D eigenvalue weighted by Crippen LogP contribution is -2.14. The lowest BCUT2D eigenvalue weighted by atomic mass is 10.3. The number of nitrogens with two attached hydrogens (primary N) is 1. The first-order valence-electron chi connectivity index (χ1n) is 5.60. The van der Waals surface area contributed by atoms with Gasteiger partial charge in [-0.3, -0.25) is 4.72 Å². The molecular weight excluding hydrogens is 367 g/mol. The zero-order valence-corrected chi connectivity index (χ0v) is 13.7. The molecule has 0 aliphatic carbocycles. The third kappa shape index (κ3) is 3.20. The SMILES string of the molecule is Cc1sc(CN)cc1S(=O)(=O)Nc1ccc(Br)cc1F. The van der Waals surface area contributed by atoms with Crippen LogP contribution in [0.4, 0.5) is 10.1 Å². The number of sulfonamides is 1. The summed E-state index contributed by atoms with van der Waals surface area (Å²) in [7, 11) is -3.82. The van der Waals surface area contributed by atoms with E-state index in [4.69, 9.17) is 5.73 Å². The summed E-state index contributed by atoms with van der Waals surface area (Å²) < 4.78 is 41.0. The summed E-state index contributed by atoms with van der Waals surface area (Å²) in [5.41, 5.74) is 5.41. The lowest BCUT2D eigenvalue weighted by Gasteiger charge is -2.08. The van der Waals surface area contributed by atoms with Crippen LogP contribution in [-0.2, 0) is 16.6 Å². The molecule has 0 saturated heterocycles. The van der Waals surface area contributed by atoms with Gasteiger partial charge in [0.25, 0.3) is 10.0 Å². The first kappa shape index (κ1) is 15.4. The highest BCUT2D eigenvalue weighted by Gasteiger charge is 2.21. The average molecular weight is 379 g/mol. The molecule has 0 aliphatic rings. The number of hydrogen-bond donors (Lipinski definition) is 2. The minimum atomic E-state index is -3.82. The van der Waals surface area contributed by atoms with E-state index in [1.165, 1.54) is 29.5 Å². The van der Waals surface area contributed by atoms with Crippen LogP contribution >= 0.6 is 27.3 Å². The van der Waals surface area contributed by atoms with Crippen LogP contribution in [0, 0.1) is 12.7 Å². The van der Waals surface area contributed by atoms with Crippen LogP contribution in [0.15, 0.2) is 33.6 Å². The van der Waals surface area contributed by atoms with Crippen molar-refractivity contribution in [2.24, 2.45) is 5.73 Å². The van der Waals surface area contributed by atoms with E-state index in [1.54, 1.807) is 13.0 Å². The Morgan fingerprint density at radius 2 is 2.10 bits per heavy atom. The predicted molar refractivity (Wildman–Crippen MR) is 81.9 cm³/mol. The minimum Gasteiger partial charge on any atom is -0.326 e. The van der Waals surface area contributed by atoms with Gasteiger partial charge in [-0.05, 0) is 31.2 Å². The van der Waals surface area contributed by atoms with Crippen LogP contribution < -0.4 is 10.5 Å². The fourth-order valence-electron chi connectivity index (χ4n) is 1.66. The second-order valence-electron chi connectivity index (χ2n) is 4.07. The van der Waals surface area contributed by atoms with Crippen molar-refractivity contribution >= 4 is 43.0 Å². The molecule has 2 aromatic rings. The van der Waals surface area contributed by atoms with Crippen LogP contribution in [0.25, 0.3) is 0 Å². The van der Waals surface area contributed by atoms with Crippen LogP contribution in [0.1, 0.15) is 9.75 Å². The first-order valence-corrected chi connectivity index (χ1v) is 8.70. The molecule has 20 heavy (non-hydrogen) atoms. The monoisotopic (exact) mass is 378 g/mol. The predicted octanol–water partition coefficient (Wildman–Crippen LogP) is 3.22. The number of anilines is 1. The smallest absolute Gasteiger partial charge is 0.263 e. The minimum absolute atomic E-state index is 0.0897. The van der Waals surface area contributed by atoms with Crippen LogP contribution in [0.5, 0.6) is 0 Å². The third-order valence-electron chi connectivity index (χ3n) is 2.59. The van der Waals surface area contributed by atoms with Crippen LogP contribution in [0.2, 0.25) is 0 Å². The van der Waals surface area contributed by atoms with E-state index in [9.17, 15) is 12.8 Å². The quantitative estimate of drug-likeness (QED) is 0.857. The van der Waals surface area contributed by atoms with Crippen LogP contribution in [0.3, 0.4) is 0 Å². The fourth-order valence-corrected chi connectivity index (χ4v) is 4.58. The van der Waals surface area contributed by atoms with Gasteiger partial charge >= 0.3 is 0 Å². The van der Waals surface area contributed by atoms with Gasteiger partial charge in [0.15, 0.2) is 0 Å². The molecule has 0 aliphatic heterocycles. The normalized spacial score (nSPS) is 11.6. The first-order chi connectivity index (χ1) is 9.33. The van der Waals surface area contributed by atoms with Gasteiger partial charge < -0.3 is 5.73 Å². The summed E-state index contributed by atoms with van der Waals surface area (Å²) in [5.74, 6) is -0.644. The molecule has 1 aromatic heterocycles. The number of thiophene rings is 1. The summed E-state index contributed by atoms with van der Waals surface area (Å²) >= 11 is 4.43. The summed E-state index contributed by atoms with van der Waals surface area (Å²) in [4.78, 5) is 1.51. The van der Waals surface area contributed by atoms with Gasteiger partial charge in [-0.15, -0.1) is 11.3 Å². The van der Waals surface area contributed by atoms with Crippen molar-refractivity contribution in [2.45, 2.75) is 18.4 Å². The number of hydrogen-bond acceptors (Lipinski definition) is 4. The molecule has 1 heterocycles. The number of halogens is 2. The number of aryl methyl sites for hydroxylation is 1. The van der Waals surface area contributed by atoms with Crippen molar-refractivity contribution in [1.82, 2.24) is 0 Å². The molecule has 0 atom stereocenters. The highest BCUT2D eigenvalue weighted by molar-refractivity contribution is 9.10. The van der Waals surface area contributed by atoms with E-state index >= 15 is 0 Å². The van der Waals surface area contributed by atoms with Crippen molar-refractivity contribution in [3.8, 4) is 0 Å². The zero-order valence-electron chi connectivity index (χ0n) is 10.5. The number of benzene rings is 1. The lowest BCUT2D eigenvalue weighted by molar-refractivity contribution is 0.598. The van der Waals surface area contributed by atoms with Gasteiger partial charge in [-0.1, -0.05) is 15.9 Å². The van der Waals surface area contributed by atoms with Crippen molar-refractivity contribution in [1.29, 1.82) is 0 Å². The van der Waals surface area contributed by atoms with E-state index in [1.807, 2.05) is 0 Å². The molecule has 0 radical (unpaired) electrons. The summed E-state index contributed by atoms with van der Waals surface area (Å²) in [6.45, 7) is 1.96. The third-order valence-corrected chi connectivity index (χ3v) is 5.78. The Kier molecular flexibility index (Phi) is 4.48. The molecule has 0 unspecified atom stereocenters. The van der Waals surface area contributed by atoms with Crippen molar-refractivity contribution in [3.63, 3.8) is 0 Å². The number of rotatable bonds is 4. The Labute approximate surface area is 129 Å². The second kappa shape index (κ2) is 5.80. The second-order valence-corrected chi connectivity index (χ2v) is 7.97. The van der Waals surface area contributed by atoms with Gasteiger partial charge in [-0.25, -0.2) is 12.8 Å². The van der Waals surface area contributed by atoms with Crippen molar-refractivity contribution in [3.05, 3.63) is 44.3 Å². The fraction of sp³-hybridized carbons (Fsp3) is 0.167. The summed E-state index contributed by atoms with van der Waals surface area (Å²) in [6.07, 6.45) is 0. The molecule has 1 aromatic carbocycles. The molecular formula is C12H12BrFN2O2S2. The molecule has 4 nitrogen and oxygen atoms in total. The van der Waals surface area contributed by atoms with Gasteiger partial charge in [0.2, 0.25) is 0 Å². The zero-order chi connectivity index (χ0) is 14.9. The standard InChI is InChI=1S/C12H12BrFN2O2S2/c1-7-12(5-9(6-15)19-7)20(17,18)16-11-3-2-8(13)4-10(11)14/h2-5,16H,6,15H2,1H3. The highest BCUT2D eigenvalue weighted by Crippen LogP contribution is 2.28. The molecule has 108 valence electrons. The van der Waals surface area contributed by atoms with Crippen molar-refractivity contribution in [2.75, 3.05) is 4.72 Å². The molecule has 3 N–H and O–H groups in total. The Balaban J connectivity index is 2.38. The average Bonchev–Trinajstić information content (AvgIpc) is 2.75. The molecule has 0 saturated carbocycles. The summed E-state index contributed by atoms with van der Waals surface area (Å²) in [6, 6.07) is 5.64. The number of nitrogens with one attached hydrogen (secondary N) is 1. The Morgan fingerprint density at radius 1 is 1.40 bits per heavy atom. The molecule has 0 amide bonds. The molecule has 0 bridgehead atoms. The summed E-state index contributed by atoms with van der Waals surface area (Å²) in [5, 5.41) is 0. The maximum atomic E-state index is 13.7. The maximum Gasteiger partial charge on any atom is 0.263 e. The van der Waals surface area contributed by atoms with E-state index in [0.717, 1.165) is 4.88 Å². The highest BCUT2D eigenvalue weighted by atomic mass is 79.9. The Bertz CT molecular complexity index is 744. The van der Waals surface area contributed by atoms with E-state index in [0.29, 0.717) is 9.35 Å².